The fraction of sp³-hybridized carbons (Fsp3) is 0.294. The molecule has 0 unspecified atom stereocenters. The average Bonchev–Trinajstić information content (AvgIpc) is 2.41. The molecule has 0 heteroatoms. The zero-order valence-corrected chi connectivity index (χ0v) is 11.0. The van der Waals surface area contributed by atoms with Crippen molar-refractivity contribution in [3.05, 3.63) is 59.2 Å². The van der Waals surface area contributed by atoms with Crippen LogP contribution in [0.3, 0.4) is 0 Å². The summed E-state index contributed by atoms with van der Waals surface area (Å²) in [5, 5.41) is 0. The molecule has 0 N–H and O–H groups in total. The molecule has 0 saturated carbocycles. The summed E-state index contributed by atoms with van der Waals surface area (Å²) in [6.07, 6.45) is 2.37. The van der Waals surface area contributed by atoms with Crippen LogP contribution in [0.15, 0.2) is 42.5 Å². The Kier molecular flexibility index (Phi) is 3.63. The molecule has 0 aromatic heterocycles. The molecule has 2 aromatic rings. The largest absolute Gasteiger partial charge is 0.0683 e. The molecule has 3 rings (SSSR count). The van der Waals surface area contributed by atoms with E-state index in [9.17, 15) is 0 Å². The van der Waals surface area contributed by atoms with E-state index >= 15 is 0 Å². The van der Waals surface area contributed by atoms with Crippen molar-refractivity contribution in [1.29, 1.82) is 0 Å². The second-order valence-corrected chi connectivity index (χ2v) is 4.32. The van der Waals surface area contributed by atoms with Crippen LogP contribution >= 0.6 is 0 Å². The molecule has 0 amide bonds. The maximum atomic E-state index is 2.31. The molecule has 0 atom stereocenters. The van der Waals surface area contributed by atoms with Crippen LogP contribution in [0.2, 0.25) is 0 Å². The first-order valence-electron chi connectivity index (χ1n) is 6.52. The number of benzene rings is 2. The van der Waals surface area contributed by atoms with Crippen molar-refractivity contribution < 1.29 is 0 Å². The van der Waals surface area contributed by atoms with Crippen LogP contribution in [0.25, 0.3) is 11.1 Å². The molecule has 2 aromatic carbocycles. The van der Waals surface area contributed by atoms with Crippen molar-refractivity contribution >= 4 is 0 Å². The van der Waals surface area contributed by atoms with Gasteiger partial charge in [0.15, 0.2) is 0 Å². The van der Waals surface area contributed by atoms with Crippen molar-refractivity contribution in [3.63, 3.8) is 0 Å². The molecule has 0 aliphatic heterocycles. The van der Waals surface area contributed by atoms with Crippen LogP contribution in [0.4, 0.5) is 0 Å². The van der Waals surface area contributed by atoms with Gasteiger partial charge in [-0.3, -0.25) is 0 Å². The lowest BCUT2D eigenvalue weighted by molar-refractivity contribution is 0.941. The number of rotatable bonds is 0. The molecule has 0 bridgehead atoms. The molecule has 0 heterocycles. The van der Waals surface area contributed by atoms with Gasteiger partial charge in [-0.2, -0.15) is 0 Å². The molecule has 0 nitrogen and oxygen atoms in total. The highest BCUT2D eigenvalue weighted by Gasteiger charge is 2.14. The molecule has 88 valence electrons. The number of hydrogen-bond donors (Lipinski definition) is 0. The van der Waals surface area contributed by atoms with E-state index in [-0.39, 0.29) is 0 Å². The molecule has 1 aliphatic rings. The minimum atomic E-state index is 1.19. The Balaban J connectivity index is 0.000000514. The minimum absolute atomic E-state index is 1.19. The van der Waals surface area contributed by atoms with Gasteiger partial charge in [0.25, 0.3) is 0 Å². The molecule has 0 radical (unpaired) electrons. The quantitative estimate of drug-likeness (QED) is 0.603. The summed E-state index contributed by atoms with van der Waals surface area (Å²) in [6, 6.07) is 15.6. The van der Waals surface area contributed by atoms with E-state index in [0.29, 0.717) is 0 Å². The highest BCUT2D eigenvalue weighted by atomic mass is 14.2. The summed E-state index contributed by atoms with van der Waals surface area (Å²) in [5.41, 5.74) is 7.22. The minimum Gasteiger partial charge on any atom is -0.0683 e. The van der Waals surface area contributed by atoms with E-state index in [1.165, 1.54) is 40.7 Å². The smallest absolute Gasteiger partial charge is 0.0146 e. The maximum absolute atomic E-state index is 2.31. The van der Waals surface area contributed by atoms with Crippen molar-refractivity contribution in [3.8, 4) is 11.1 Å². The van der Waals surface area contributed by atoms with Crippen LogP contribution in [-0.2, 0) is 12.8 Å². The van der Waals surface area contributed by atoms with Crippen molar-refractivity contribution in [2.45, 2.75) is 33.6 Å². The molecule has 0 saturated heterocycles. The predicted molar refractivity (Wildman–Crippen MR) is 75.4 cm³/mol. The van der Waals surface area contributed by atoms with Crippen molar-refractivity contribution in [1.82, 2.24) is 0 Å². The first-order valence-corrected chi connectivity index (χ1v) is 6.52. The Morgan fingerprint density at radius 1 is 0.765 bits per heavy atom. The SMILES string of the molecule is CC.Cc1ccc2c(c1)-c1ccccc1CC2. The lowest BCUT2D eigenvalue weighted by Gasteiger charge is -2.19. The summed E-state index contributed by atoms with van der Waals surface area (Å²) in [7, 11) is 0. The topological polar surface area (TPSA) is 0 Å². The highest BCUT2D eigenvalue weighted by molar-refractivity contribution is 5.73. The standard InChI is InChI=1S/C15H14.C2H6/c1-11-6-7-13-9-8-12-4-2-3-5-14(12)15(13)10-11;1-2/h2-7,10H,8-9H2,1H3;1-2H3. The summed E-state index contributed by atoms with van der Waals surface area (Å²) < 4.78 is 0. The maximum Gasteiger partial charge on any atom is -0.0146 e. The van der Waals surface area contributed by atoms with Gasteiger partial charge in [-0.1, -0.05) is 61.9 Å². The van der Waals surface area contributed by atoms with Gasteiger partial charge in [-0.25, -0.2) is 0 Å². The molecular weight excluding hydrogens is 204 g/mol. The van der Waals surface area contributed by atoms with Gasteiger partial charge in [0.1, 0.15) is 0 Å². The zero-order chi connectivity index (χ0) is 12.3. The van der Waals surface area contributed by atoms with Gasteiger partial charge in [0.2, 0.25) is 0 Å². The third-order valence-corrected chi connectivity index (χ3v) is 3.24. The molecular formula is C17H20. The highest BCUT2D eigenvalue weighted by Crippen LogP contribution is 2.33. The van der Waals surface area contributed by atoms with Gasteiger partial charge in [-0.05, 0) is 42.0 Å². The van der Waals surface area contributed by atoms with E-state index < -0.39 is 0 Å². The van der Waals surface area contributed by atoms with Gasteiger partial charge < -0.3 is 0 Å². The number of aryl methyl sites for hydroxylation is 3. The molecule has 0 fully saturated rings. The second-order valence-electron chi connectivity index (χ2n) is 4.32. The summed E-state index contributed by atoms with van der Waals surface area (Å²) in [5.74, 6) is 0. The van der Waals surface area contributed by atoms with E-state index in [2.05, 4.69) is 49.4 Å². The van der Waals surface area contributed by atoms with Crippen molar-refractivity contribution in [2.24, 2.45) is 0 Å². The Morgan fingerprint density at radius 2 is 1.41 bits per heavy atom. The first kappa shape index (κ1) is 11.9. The number of fused-ring (bicyclic) bond motifs is 3. The normalized spacial score (nSPS) is 11.9. The van der Waals surface area contributed by atoms with Gasteiger partial charge >= 0.3 is 0 Å². The predicted octanol–water partition coefficient (Wildman–Crippen LogP) is 4.79. The third-order valence-electron chi connectivity index (χ3n) is 3.24. The van der Waals surface area contributed by atoms with Gasteiger partial charge in [0.05, 0.1) is 0 Å². The summed E-state index contributed by atoms with van der Waals surface area (Å²) in [6.45, 7) is 6.16. The Labute approximate surface area is 104 Å². The second kappa shape index (κ2) is 5.18. The number of hydrogen-bond acceptors (Lipinski definition) is 0. The van der Waals surface area contributed by atoms with E-state index in [1.807, 2.05) is 13.8 Å². The van der Waals surface area contributed by atoms with Crippen LogP contribution in [0, 0.1) is 6.92 Å². The lowest BCUT2D eigenvalue weighted by atomic mass is 9.85. The summed E-state index contributed by atoms with van der Waals surface area (Å²) in [4.78, 5) is 0. The zero-order valence-electron chi connectivity index (χ0n) is 11.0. The molecule has 1 aliphatic carbocycles. The van der Waals surface area contributed by atoms with E-state index in [4.69, 9.17) is 0 Å². The summed E-state index contributed by atoms with van der Waals surface area (Å²) >= 11 is 0. The van der Waals surface area contributed by atoms with Crippen molar-refractivity contribution in [2.75, 3.05) is 0 Å². The van der Waals surface area contributed by atoms with Gasteiger partial charge in [-0.15, -0.1) is 0 Å². The Bertz CT molecular complexity index is 509. The van der Waals surface area contributed by atoms with Crippen LogP contribution < -0.4 is 0 Å². The molecule has 17 heavy (non-hydrogen) atoms. The first-order chi connectivity index (χ1) is 8.34. The Hall–Kier alpha value is -1.56. The van der Waals surface area contributed by atoms with Crippen LogP contribution in [-0.4, -0.2) is 0 Å². The molecule has 0 spiro atoms. The van der Waals surface area contributed by atoms with E-state index in [1.54, 1.807) is 0 Å². The van der Waals surface area contributed by atoms with Gasteiger partial charge in [0, 0.05) is 0 Å². The average molecular weight is 224 g/mol. The van der Waals surface area contributed by atoms with Crippen LogP contribution in [0.5, 0.6) is 0 Å². The Morgan fingerprint density at radius 3 is 2.18 bits per heavy atom. The van der Waals surface area contributed by atoms with Crippen LogP contribution in [0.1, 0.15) is 30.5 Å². The van der Waals surface area contributed by atoms with E-state index in [0.717, 1.165) is 0 Å². The third kappa shape index (κ3) is 2.26. The lowest BCUT2D eigenvalue weighted by Crippen LogP contribution is -2.03. The fourth-order valence-electron chi connectivity index (χ4n) is 2.43. The fourth-order valence-corrected chi connectivity index (χ4v) is 2.43. The monoisotopic (exact) mass is 224 g/mol.